The Balaban J connectivity index is 1.67. The SMILES string of the molecule is CCN(C(=O)COC(=O)/C=C/c1ccccc1)c1cccc2ccccc12. The van der Waals surface area contributed by atoms with Crippen LogP contribution < -0.4 is 4.90 Å². The molecular formula is C23H21NO3. The standard InChI is InChI=1S/C23H21NO3/c1-2-24(21-14-8-12-19-11-6-7-13-20(19)21)22(25)17-27-23(26)16-15-18-9-4-3-5-10-18/h3-16H,2,17H2,1H3/b16-15+. The predicted octanol–water partition coefficient (Wildman–Crippen LogP) is 4.45. The van der Waals surface area contributed by atoms with E-state index >= 15 is 0 Å². The fourth-order valence-corrected chi connectivity index (χ4v) is 2.91. The van der Waals surface area contributed by atoms with Crippen molar-refractivity contribution in [3.8, 4) is 0 Å². The normalized spacial score (nSPS) is 10.9. The number of carbonyl (C=O) groups is 2. The first-order valence-corrected chi connectivity index (χ1v) is 8.87. The van der Waals surface area contributed by atoms with Crippen molar-refractivity contribution in [2.24, 2.45) is 0 Å². The van der Waals surface area contributed by atoms with Gasteiger partial charge in [-0.1, -0.05) is 66.7 Å². The maximum Gasteiger partial charge on any atom is 0.331 e. The van der Waals surface area contributed by atoms with E-state index in [1.807, 2.05) is 79.7 Å². The second-order valence-electron chi connectivity index (χ2n) is 5.99. The molecule has 3 aromatic rings. The Morgan fingerprint density at radius 2 is 1.63 bits per heavy atom. The third-order valence-electron chi connectivity index (χ3n) is 4.22. The molecule has 0 saturated heterocycles. The first-order chi connectivity index (χ1) is 13.2. The van der Waals surface area contributed by atoms with Crippen LogP contribution in [0.2, 0.25) is 0 Å². The van der Waals surface area contributed by atoms with Gasteiger partial charge in [-0.05, 0) is 30.0 Å². The smallest absolute Gasteiger partial charge is 0.331 e. The predicted molar refractivity (Wildman–Crippen MR) is 108 cm³/mol. The molecule has 0 aliphatic carbocycles. The highest BCUT2D eigenvalue weighted by atomic mass is 16.5. The molecule has 0 bridgehead atoms. The van der Waals surface area contributed by atoms with Crippen LogP contribution in [0.15, 0.2) is 78.9 Å². The summed E-state index contributed by atoms with van der Waals surface area (Å²) in [5.74, 6) is -0.795. The van der Waals surface area contributed by atoms with Crippen LogP contribution in [-0.4, -0.2) is 25.0 Å². The lowest BCUT2D eigenvalue weighted by Crippen LogP contribution is -2.34. The monoisotopic (exact) mass is 359 g/mol. The van der Waals surface area contributed by atoms with Crippen molar-refractivity contribution in [2.45, 2.75) is 6.92 Å². The highest BCUT2D eigenvalue weighted by Gasteiger charge is 2.17. The van der Waals surface area contributed by atoms with Gasteiger partial charge >= 0.3 is 5.97 Å². The number of anilines is 1. The summed E-state index contributed by atoms with van der Waals surface area (Å²) in [4.78, 5) is 26.2. The van der Waals surface area contributed by atoms with Crippen LogP contribution in [0.25, 0.3) is 16.8 Å². The number of rotatable bonds is 6. The van der Waals surface area contributed by atoms with Crippen LogP contribution in [0.5, 0.6) is 0 Å². The van der Waals surface area contributed by atoms with Gasteiger partial charge in [-0.15, -0.1) is 0 Å². The molecule has 0 aromatic heterocycles. The van der Waals surface area contributed by atoms with Gasteiger partial charge in [-0.3, -0.25) is 4.79 Å². The summed E-state index contributed by atoms with van der Waals surface area (Å²) < 4.78 is 5.12. The van der Waals surface area contributed by atoms with E-state index in [9.17, 15) is 9.59 Å². The van der Waals surface area contributed by atoms with Gasteiger partial charge < -0.3 is 9.64 Å². The zero-order valence-corrected chi connectivity index (χ0v) is 15.2. The molecule has 0 radical (unpaired) electrons. The fourth-order valence-electron chi connectivity index (χ4n) is 2.91. The Morgan fingerprint density at radius 1 is 0.926 bits per heavy atom. The number of benzene rings is 3. The molecule has 0 N–H and O–H groups in total. The largest absolute Gasteiger partial charge is 0.452 e. The van der Waals surface area contributed by atoms with E-state index in [2.05, 4.69) is 0 Å². The second-order valence-corrected chi connectivity index (χ2v) is 5.99. The van der Waals surface area contributed by atoms with Crippen molar-refractivity contribution < 1.29 is 14.3 Å². The topological polar surface area (TPSA) is 46.6 Å². The van der Waals surface area contributed by atoms with Gasteiger partial charge in [-0.25, -0.2) is 4.79 Å². The summed E-state index contributed by atoms with van der Waals surface area (Å²) >= 11 is 0. The van der Waals surface area contributed by atoms with Crippen molar-refractivity contribution in [3.05, 3.63) is 84.4 Å². The molecule has 0 aliphatic heterocycles. The quantitative estimate of drug-likeness (QED) is 0.482. The van der Waals surface area contributed by atoms with Crippen LogP contribution >= 0.6 is 0 Å². The van der Waals surface area contributed by atoms with Crippen molar-refractivity contribution in [1.82, 2.24) is 0 Å². The molecule has 27 heavy (non-hydrogen) atoms. The molecule has 4 heteroatoms. The number of nitrogens with zero attached hydrogens (tertiary/aromatic N) is 1. The summed E-state index contributed by atoms with van der Waals surface area (Å²) in [5, 5.41) is 2.05. The van der Waals surface area contributed by atoms with Crippen molar-refractivity contribution >= 4 is 34.4 Å². The summed E-state index contributed by atoms with van der Waals surface area (Å²) in [6.07, 6.45) is 2.99. The molecule has 0 heterocycles. The van der Waals surface area contributed by atoms with Gasteiger partial charge in [-0.2, -0.15) is 0 Å². The molecule has 1 amide bonds. The first-order valence-electron chi connectivity index (χ1n) is 8.87. The summed E-state index contributed by atoms with van der Waals surface area (Å²) in [6.45, 7) is 2.09. The summed E-state index contributed by atoms with van der Waals surface area (Å²) in [6, 6.07) is 23.2. The van der Waals surface area contributed by atoms with E-state index in [4.69, 9.17) is 4.74 Å². The average molecular weight is 359 g/mol. The van der Waals surface area contributed by atoms with Crippen molar-refractivity contribution in [1.29, 1.82) is 0 Å². The Labute approximate surface area is 158 Å². The molecular weight excluding hydrogens is 338 g/mol. The molecule has 0 atom stereocenters. The van der Waals surface area contributed by atoms with Crippen molar-refractivity contribution in [2.75, 3.05) is 18.1 Å². The Bertz CT molecular complexity index is 958. The zero-order valence-electron chi connectivity index (χ0n) is 15.2. The molecule has 136 valence electrons. The minimum Gasteiger partial charge on any atom is -0.452 e. The number of ether oxygens (including phenoxy) is 1. The van der Waals surface area contributed by atoms with Crippen LogP contribution in [0.4, 0.5) is 5.69 Å². The fraction of sp³-hybridized carbons (Fsp3) is 0.130. The van der Waals surface area contributed by atoms with E-state index in [0.717, 1.165) is 22.0 Å². The number of fused-ring (bicyclic) bond motifs is 1. The van der Waals surface area contributed by atoms with Crippen LogP contribution in [0.3, 0.4) is 0 Å². The molecule has 0 unspecified atom stereocenters. The molecule has 0 aliphatic rings. The van der Waals surface area contributed by atoms with E-state index in [1.165, 1.54) is 6.08 Å². The van der Waals surface area contributed by atoms with Crippen LogP contribution in [0, 0.1) is 0 Å². The Morgan fingerprint density at radius 3 is 2.41 bits per heavy atom. The van der Waals surface area contributed by atoms with Gasteiger partial charge in [0.25, 0.3) is 5.91 Å². The highest BCUT2D eigenvalue weighted by Crippen LogP contribution is 2.26. The number of hydrogen-bond donors (Lipinski definition) is 0. The van der Waals surface area contributed by atoms with E-state index in [0.29, 0.717) is 6.54 Å². The lowest BCUT2D eigenvalue weighted by molar-refractivity contribution is -0.142. The van der Waals surface area contributed by atoms with Crippen LogP contribution in [-0.2, 0) is 14.3 Å². The maximum atomic E-state index is 12.6. The second kappa shape index (κ2) is 8.81. The van der Waals surface area contributed by atoms with Crippen LogP contribution in [0.1, 0.15) is 12.5 Å². The molecule has 3 rings (SSSR count). The number of hydrogen-bond acceptors (Lipinski definition) is 3. The average Bonchev–Trinajstić information content (AvgIpc) is 2.72. The third kappa shape index (κ3) is 4.61. The Hall–Kier alpha value is -3.40. The van der Waals surface area contributed by atoms with E-state index < -0.39 is 5.97 Å². The van der Waals surface area contributed by atoms with Gasteiger partial charge in [0.05, 0.1) is 5.69 Å². The maximum absolute atomic E-state index is 12.6. The summed E-state index contributed by atoms with van der Waals surface area (Å²) in [7, 11) is 0. The highest BCUT2D eigenvalue weighted by molar-refractivity contribution is 6.04. The first kappa shape index (κ1) is 18.4. The minimum atomic E-state index is -0.541. The molecule has 0 saturated carbocycles. The molecule has 0 spiro atoms. The van der Waals surface area contributed by atoms with Gasteiger partial charge in [0, 0.05) is 18.0 Å². The third-order valence-corrected chi connectivity index (χ3v) is 4.22. The molecule has 3 aromatic carbocycles. The van der Waals surface area contributed by atoms with E-state index in [-0.39, 0.29) is 12.5 Å². The van der Waals surface area contributed by atoms with Gasteiger partial charge in [0.1, 0.15) is 0 Å². The number of carbonyl (C=O) groups excluding carboxylic acids is 2. The zero-order chi connectivity index (χ0) is 19.1. The Kier molecular flexibility index (Phi) is 6.00. The summed E-state index contributed by atoms with van der Waals surface area (Å²) in [5.41, 5.74) is 1.71. The number of amides is 1. The van der Waals surface area contributed by atoms with Crippen molar-refractivity contribution in [3.63, 3.8) is 0 Å². The lowest BCUT2D eigenvalue weighted by atomic mass is 10.1. The molecule has 0 fully saturated rings. The van der Waals surface area contributed by atoms with Gasteiger partial charge in [0.2, 0.25) is 0 Å². The van der Waals surface area contributed by atoms with E-state index in [1.54, 1.807) is 11.0 Å². The van der Waals surface area contributed by atoms with Gasteiger partial charge in [0.15, 0.2) is 6.61 Å². The molecule has 4 nitrogen and oxygen atoms in total. The minimum absolute atomic E-state index is 0.254. The lowest BCUT2D eigenvalue weighted by Gasteiger charge is -2.22. The number of esters is 1. The number of likely N-dealkylation sites (N-methyl/N-ethyl adjacent to an activating group) is 1.